The van der Waals surface area contributed by atoms with E-state index in [1.807, 2.05) is 6.92 Å². The Morgan fingerprint density at radius 1 is 1.43 bits per heavy atom. The lowest BCUT2D eigenvalue weighted by atomic mass is 10.2. The van der Waals surface area contributed by atoms with Crippen LogP contribution >= 0.6 is 12.4 Å². The Bertz CT molecular complexity index is 635. The molecule has 1 aliphatic rings. The van der Waals surface area contributed by atoms with Crippen molar-refractivity contribution in [2.24, 2.45) is 0 Å². The lowest BCUT2D eigenvalue weighted by molar-refractivity contribution is -0.385. The fraction of sp³-hybridized carbons (Fsp3) is 0.500. The molecule has 0 bridgehead atoms. The smallest absolute Gasteiger partial charge is 0.273 e. The SMILES string of the molecule is Cc1c([N+](=O)[O-])cccc1S(=O)(=O)N1CCN[C@H](C)C1.Cl. The van der Waals surface area contributed by atoms with Gasteiger partial charge in [-0.15, -0.1) is 12.4 Å². The monoisotopic (exact) mass is 335 g/mol. The Morgan fingerprint density at radius 2 is 2.10 bits per heavy atom. The number of benzene rings is 1. The number of nitrogens with zero attached hydrogens (tertiary/aromatic N) is 2. The van der Waals surface area contributed by atoms with E-state index in [1.54, 1.807) is 0 Å². The summed E-state index contributed by atoms with van der Waals surface area (Å²) in [6.45, 7) is 4.69. The van der Waals surface area contributed by atoms with Crippen LogP contribution in [0.15, 0.2) is 23.1 Å². The highest BCUT2D eigenvalue weighted by molar-refractivity contribution is 7.89. The molecule has 0 radical (unpaired) electrons. The van der Waals surface area contributed by atoms with Gasteiger partial charge < -0.3 is 5.32 Å². The number of nitro benzene ring substituents is 1. The highest BCUT2D eigenvalue weighted by Gasteiger charge is 2.31. The summed E-state index contributed by atoms with van der Waals surface area (Å²) in [5.74, 6) is 0. The predicted octanol–water partition coefficient (Wildman–Crippen LogP) is 1.31. The zero-order valence-electron chi connectivity index (χ0n) is 11.8. The second kappa shape index (κ2) is 6.69. The summed E-state index contributed by atoms with van der Waals surface area (Å²) in [6.07, 6.45) is 0. The summed E-state index contributed by atoms with van der Waals surface area (Å²) in [4.78, 5) is 10.4. The molecule has 1 fully saturated rings. The minimum absolute atomic E-state index is 0. The van der Waals surface area contributed by atoms with Crippen molar-refractivity contribution in [1.29, 1.82) is 0 Å². The van der Waals surface area contributed by atoms with Gasteiger partial charge in [0.1, 0.15) is 0 Å². The lowest BCUT2D eigenvalue weighted by Gasteiger charge is -2.31. The van der Waals surface area contributed by atoms with Crippen LogP contribution in [0.4, 0.5) is 5.69 Å². The third-order valence-electron chi connectivity index (χ3n) is 3.40. The molecular formula is C12H18ClN3O4S. The van der Waals surface area contributed by atoms with Gasteiger partial charge in [-0.1, -0.05) is 6.07 Å². The van der Waals surface area contributed by atoms with E-state index in [0.717, 1.165) is 0 Å². The van der Waals surface area contributed by atoms with Gasteiger partial charge in [0.25, 0.3) is 5.69 Å². The second-order valence-electron chi connectivity index (χ2n) is 4.88. The van der Waals surface area contributed by atoms with Crippen molar-refractivity contribution in [1.82, 2.24) is 9.62 Å². The number of nitrogens with one attached hydrogen (secondary N) is 1. The summed E-state index contributed by atoms with van der Waals surface area (Å²) < 4.78 is 26.6. The highest BCUT2D eigenvalue weighted by Crippen LogP contribution is 2.27. The highest BCUT2D eigenvalue weighted by atomic mass is 35.5. The molecule has 2 rings (SSSR count). The molecule has 1 aliphatic heterocycles. The van der Waals surface area contributed by atoms with Crippen molar-refractivity contribution in [3.63, 3.8) is 0 Å². The molecule has 1 saturated heterocycles. The van der Waals surface area contributed by atoms with E-state index in [1.165, 1.54) is 29.4 Å². The molecule has 1 N–H and O–H groups in total. The predicted molar refractivity (Wildman–Crippen MR) is 81.3 cm³/mol. The van der Waals surface area contributed by atoms with E-state index in [0.29, 0.717) is 19.6 Å². The van der Waals surface area contributed by atoms with E-state index in [9.17, 15) is 18.5 Å². The number of nitro groups is 1. The Kier molecular flexibility index (Phi) is 5.68. The van der Waals surface area contributed by atoms with Crippen LogP contribution in [0, 0.1) is 17.0 Å². The quantitative estimate of drug-likeness (QED) is 0.664. The molecular weight excluding hydrogens is 318 g/mol. The van der Waals surface area contributed by atoms with E-state index in [2.05, 4.69) is 5.32 Å². The van der Waals surface area contributed by atoms with Gasteiger partial charge in [0, 0.05) is 37.3 Å². The third kappa shape index (κ3) is 3.52. The summed E-state index contributed by atoms with van der Waals surface area (Å²) in [5, 5.41) is 14.1. The average Bonchev–Trinajstić information content (AvgIpc) is 2.38. The van der Waals surface area contributed by atoms with Crippen LogP contribution in [0.25, 0.3) is 0 Å². The maximum Gasteiger partial charge on any atom is 0.273 e. The molecule has 1 aromatic rings. The minimum Gasteiger partial charge on any atom is -0.312 e. The second-order valence-corrected chi connectivity index (χ2v) is 6.78. The van der Waals surface area contributed by atoms with Crippen LogP contribution in [0.2, 0.25) is 0 Å². The van der Waals surface area contributed by atoms with Gasteiger partial charge in [-0.3, -0.25) is 10.1 Å². The van der Waals surface area contributed by atoms with Gasteiger partial charge in [-0.2, -0.15) is 4.31 Å². The maximum absolute atomic E-state index is 12.6. The summed E-state index contributed by atoms with van der Waals surface area (Å²) in [5.41, 5.74) is 0.0120. The van der Waals surface area contributed by atoms with Gasteiger partial charge in [0.2, 0.25) is 10.0 Å². The molecule has 0 spiro atoms. The third-order valence-corrected chi connectivity index (χ3v) is 5.41. The van der Waals surface area contributed by atoms with Crippen molar-refractivity contribution >= 4 is 28.1 Å². The molecule has 0 aliphatic carbocycles. The van der Waals surface area contributed by atoms with Crippen molar-refractivity contribution in [2.75, 3.05) is 19.6 Å². The molecule has 1 aromatic carbocycles. The molecule has 0 aromatic heterocycles. The Hall–Kier alpha value is -1.22. The number of piperazine rings is 1. The standard InChI is InChI=1S/C12H17N3O4S.ClH/c1-9-8-14(7-6-13-9)20(18,19)12-5-3-4-11(10(12)2)15(16)17;/h3-5,9,13H,6-8H2,1-2H3;1H/t9-;/m1./s1. The first-order chi connectivity index (χ1) is 9.34. The van der Waals surface area contributed by atoms with Gasteiger partial charge in [0.15, 0.2) is 0 Å². The van der Waals surface area contributed by atoms with Gasteiger partial charge >= 0.3 is 0 Å². The molecule has 0 unspecified atom stereocenters. The van der Waals surface area contributed by atoms with E-state index < -0.39 is 14.9 Å². The first-order valence-electron chi connectivity index (χ1n) is 6.31. The van der Waals surface area contributed by atoms with Gasteiger partial charge in [-0.25, -0.2) is 8.42 Å². The van der Waals surface area contributed by atoms with Crippen molar-refractivity contribution in [3.05, 3.63) is 33.9 Å². The first-order valence-corrected chi connectivity index (χ1v) is 7.75. The van der Waals surface area contributed by atoms with Gasteiger partial charge in [0.05, 0.1) is 9.82 Å². The van der Waals surface area contributed by atoms with Crippen LogP contribution in [0.3, 0.4) is 0 Å². The fourth-order valence-electron chi connectivity index (χ4n) is 2.33. The van der Waals surface area contributed by atoms with E-state index >= 15 is 0 Å². The fourth-order valence-corrected chi connectivity index (χ4v) is 4.11. The minimum atomic E-state index is -3.69. The number of hydrogen-bond donors (Lipinski definition) is 1. The van der Waals surface area contributed by atoms with Crippen molar-refractivity contribution in [2.45, 2.75) is 24.8 Å². The molecule has 1 atom stereocenters. The zero-order chi connectivity index (χ0) is 14.9. The maximum atomic E-state index is 12.6. The van der Waals surface area contributed by atoms with Crippen molar-refractivity contribution < 1.29 is 13.3 Å². The lowest BCUT2D eigenvalue weighted by Crippen LogP contribution is -2.51. The first kappa shape index (κ1) is 17.8. The largest absolute Gasteiger partial charge is 0.312 e. The Balaban J connectivity index is 0.00000220. The van der Waals surface area contributed by atoms with E-state index in [4.69, 9.17) is 0 Å². The van der Waals surface area contributed by atoms with Crippen molar-refractivity contribution in [3.8, 4) is 0 Å². The molecule has 7 nitrogen and oxygen atoms in total. The Morgan fingerprint density at radius 3 is 2.67 bits per heavy atom. The topological polar surface area (TPSA) is 92.5 Å². The summed E-state index contributed by atoms with van der Waals surface area (Å²) in [6, 6.07) is 4.21. The summed E-state index contributed by atoms with van der Waals surface area (Å²) >= 11 is 0. The normalized spacial score (nSPS) is 19.8. The van der Waals surface area contributed by atoms with Gasteiger partial charge in [-0.05, 0) is 19.9 Å². The molecule has 9 heteroatoms. The average molecular weight is 336 g/mol. The van der Waals surface area contributed by atoms with Crippen LogP contribution in [-0.4, -0.2) is 43.3 Å². The number of rotatable bonds is 3. The molecule has 0 amide bonds. The van der Waals surface area contributed by atoms with Crippen LogP contribution in [-0.2, 0) is 10.0 Å². The number of sulfonamides is 1. The number of halogens is 1. The van der Waals surface area contributed by atoms with Crippen LogP contribution in [0.5, 0.6) is 0 Å². The molecule has 118 valence electrons. The Labute approximate surface area is 129 Å². The van der Waals surface area contributed by atoms with Crippen LogP contribution in [0.1, 0.15) is 12.5 Å². The molecule has 0 saturated carbocycles. The molecule has 1 heterocycles. The summed E-state index contributed by atoms with van der Waals surface area (Å²) in [7, 11) is -3.69. The number of hydrogen-bond acceptors (Lipinski definition) is 5. The van der Waals surface area contributed by atoms with Crippen LogP contribution < -0.4 is 5.32 Å². The molecule has 21 heavy (non-hydrogen) atoms. The van der Waals surface area contributed by atoms with E-state index in [-0.39, 0.29) is 34.6 Å². The zero-order valence-corrected chi connectivity index (χ0v) is 13.4.